The molecule has 0 amide bonds. The molecular weight excluding hydrogens is 267 g/mol. The highest BCUT2D eigenvalue weighted by Crippen LogP contribution is 2.48. The first-order valence-corrected chi connectivity index (χ1v) is 8.00. The molecule has 0 saturated heterocycles. The predicted molar refractivity (Wildman–Crippen MR) is 69.0 cm³/mol. The first-order valence-electron chi connectivity index (χ1n) is 6.60. The molecule has 2 aliphatic rings. The van der Waals surface area contributed by atoms with Crippen molar-refractivity contribution in [1.82, 2.24) is 0 Å². The summed E-state index contributed by atoms with van der Waals surface area (Å²) in [6, 6.07) is 6.53. The maximum Gasteiger partial charge on any atom is 0.297 e. The van der Waals surface area contributed by atoms with Gasteiger partial charge in [-0.05, 0) is 44.2 Å². The van der Waals surface area contributed by atoms with Gasteiger partial charge in [0.05, 0.1) is 11.0 Å². The summed E-state index contributed by atoms with van der Waals surface area (Å²) in [5, 5.41) is 0. The highest BCUT2D eigenvalue weighted by Gasteiger charge is 2.48. The van der Waals surface area contributed by atoms with Crippen molar-refractivity contribution in [2.75, 3.05) is 0 Å². The maximum atomic E-state index is 13.6. The molecule has 4 atom stereocenters. The van der Waals surface area contributed by atoms with E-state index in [1.54, 1.807) is 12.1 Å². The molecule has 0 heterocycles. The molecule has 5 heteroatoms. The summed E-state index contributed by atoms with van der Waals surface area (Å²) in [7, 11) is -3.77. The number of hydrogen-bond donors (Lipinski definition) is 0. The number of benzene rings is 1. The SMILES string of the molecule is Cc1ccc(S(=O)(=O)O[C@@H]2C[C@H]3C[C@@H]2[C@H](F)C3)cc1. The lowest BCUT2D eigenvalue weighted by Crippen LogP contribution is -2.30. The number of hydrogen-bond acceptors (Lipinski definition) is 3. The molecule has 104 valence electrons. The van der Waals surface area contributed by atoms with Gasteiger partial charge in [0.1, 0.15) is 6.17 Å². The highest BCUT2D eigenvalue weighted by molar-refractivity contribution is 7.86. The first kappa shape index (κ1) is 13.1. The largest absolute Gasteiger partial charge is 0.297 e. The molecule has 19 heavy (non-hydrogen) atoms. The van der Waals surface area contributed by atoms with Crippen LogP contribution in [0.2, 0.25) is 0 Å². The summed E-state index contributed by atoms with van der Waals surface area (Å²) in [5.41, 5.74) is 0.989. The fourth-order valence-corrected chi connectivity index (χ4v) is 4.36. The molecule has 0 spiro atoms. The van der Waals surface area contributed by atoms with Crippen LogP contribution in [0.25, 0.3) is 0 Å². The highest BCUT2D eigenvalue weighted by atomic mass is 32.2. The fourth-order valence-electron chi connectivity index (χ4n) is 3.24. The van der Waals surface area contributed by atoms with Gasteiger partial charge in [0.25, 0.3) is 10.1 Å². The topological polar surface area (TPSA) is 43.4 Å². The lowest BCUT2D eigenvalue weighted by molar-refractivity contribution is 0.0875. The molecule has 2 fully saturated rings. The van der Waals surface area contributed by atoms with Crippen molar-refractivity contribution < 1.29 is 17.0 Å². The molecule has 2 saturated carbocycles. The zero-order valence-electron chi connectivity index (χ0n) is 10.8. The van der Waals surface area contributed by atoms with Crippen LogP contribution in [0.1, 0.15) is 24.8 Å². The Labute approximate surface area is 112 Å². The molecule has 1 aromatic rings. The Hall–Kier alpha value is -0.940. The molecule has 2 bridgehead atoms. The minimum atomic E-state index is -3.77. The number of halogens is 1. The molecule has 0 aliphatic heterocycles. The van der Waals surface area contributed by atoms with Gasteiger partial charge in [-0.3, -0.25) is 4.18 Å². The van der Waals surface area contributed by atoms with Gasteiger partial charge < -0.3 is 0 Å². The molecule has 3 nitrogen and oxygen atoms in total. The number of aryl methyl sites for hydroxylation is 1. The number of fused-ring (bicyclic) bond motifs is 2. The van der Waals surface area contributed by atoms with E-state index in [-0.39, 0.29) is 10.8 Å². The van der Waals surface area contributed by atoms with Crippen LogP contribution in [0.4, 0.5) is 4.39 Å². The van der Waals surface area contributed by atoms with E-state index >= 15 is 0 Å². The molecular formula is C14H17FO3S. The van der Waals surface area contributed by atoms with E-state index in [0.29, 0.717) is 18.8 Å². The van der Waals surface area contributed by atoms with Gasteiger partial charge in [-0.15, -0.1) is 0 Å². The Balaban J connectivity index is 1.77. The van der Waals surface area contributed by atoms with Crippen LogP contribution >= 0.6 is 0 Å². The van der Waals surface area contributed by atoms with Gasteiger partial charge in [-0.1, -0.05) is 17.7 Å². The normalized spacial score (nSPS) is 33.8. The van der Waals surface area contributed by atoms with Gasteiger partial charge in [0.2, 0.25) is 0 Å². The standard InChI is InChI=1S/C14H17FO3S/c1-9-2-4-11(5-3-9)19(16,17)18-14-8-10-6-12(14)13(15)7-10/h2-5,10,12-14H,6-8H2,1H3/t10-,12+,13+,14+/m0/s1. The molecule has 1 aromatic carbocycles. The third-order valence-electron chi connectivity index (χ3n) is 4.23. The monoisotopic (exact) mass is 284 g/mol. The lowest BCUT2D eigenvalue weighted by atomic mass is 9.96. The van der Waals surface area contributed by atoms with Crippen molar-refractivity contribution in [3.8, 4) is 0 Å². The molecule has 2 aliphatic carbocycles. The zero-order valence-corrected chi connectivity index (χ0v) is 11.6. The summed E-state index contributed by atoms with van der Waals surface area (Å²) in [6.07, 6.45) is 0.595. The van der Waals surface area contributed by atoms with E-state index in [0.717, 1.165) is 12.0 Å². The van der Waals surface area contributed by atoms with Crippen LogP contribution in [-0.4, -0.2) is 20.7 Å². The van der Waals surface area contributed by atoms with Gasteiger partial charge in [-0.25, -0.2) is 4.39 Å². The number of rotatable bonds is 3. The second-order valence-corrected chi connectivity index (χ2v) is 7.23. The average Bonchev–Trinajstić information content (AvgIpc) is 2.87. The zero-order chi connectivity index (χ0) is 13.6. The van der Waals surface area contributed by atoms with Gasteiger partial charge in [0, 0.05) is 5.92 Å². The Morgan fingerprint density at radius 1 is 1.16 bits per heavy atom. The third-order valence-corrected chi connectivity index (χ3v) is 5.58. The third kappa shape index (κ3) is 2.41. The average molecular weight is 284 g/mol. The van der Waals surface area contributed by atoms with Crippen molar-refractivity contribution in [2.45, 2.75) is 43.4 Å². The minimum Gasteiger partial charge on any atom is -0.263 e. The Bertz CT molecular complexity index is 567. The van der Waals surface area contributed by atoms with E-state index in [4.69, 9.17) is 4.18 Å². The smallest absolute Gasteiger partial charge is 0.263 e. The van der Waals surface area contributed by atoms with Crippen LogP contribution < -0.4 is 0 Å². The van der Waals surface area contributed by atoms with E-state index in [1.807, 2.05) is 6.92 Å². The summed E-state index contributed by atoms with van der Waals surface area (Å²) < 4.78 is 43.2. The van der Waals surface area contributed by atoms with Crippen LogP contribution in [0.5, 0.6) is 0 Å². The molecule has 3 rings (SSSR count). The minimum absolute atomic E-state index is 0.149. The van der Waals surface area contributed by atoms with E-state index < -0.39 is 22.4 Å². The number of alkyl halides is 1. The summed E-state index contributed by atoms with van der Waals surface area (Å²) in [5.74, 6) is 0.0449. The fraction of sp³-hybridized carbons (Fsp3) is 0.571. The van der Waals surface area contributed by atoms with Crippen LogP contribution in [0.15, 0.2) is 29.2 Å². The van der Waals surface area contributed by atoms with Crippen molar-refractivity contribution in [2.24, 2.45) is 11.8 Å². The molecule has 0 aromatic heterocycles. The van der Waals surface area contributed by atoms with Gasteiger partial charge >= 0.3 is 0 Å². The predicted octanol–water partition coefficient (Wildman–Crippen LogP) is 2.84. The molecule has 0 radical (unpaired) electrons. The summed E-state index contributed by atoms with van der Waals surface area (Å²) in [6.45, 7) is 1.89. The van der Waals surface area contributed by atoms with E-state index in [2.05, 4.69) is 0 Å². The first-order chi connectivity index (χ1) is 8.95. The lowest BCUT2D eigenvalue weighted by Gasteiger charge is -2.24. The summed E-state index contributed by atoms with van der Waals surface area (Å²) in [4.78, 5) is 0.149. The van der Waals surface area contributed by atoms with Crippen molar-refractivity contribution in [3.05, 3.63) is 29.8 Å². The van der Waals surface area contributed by atoms with Crippen molar-refractivity contribution in [1.29, 1.82) is 0 Å². The van der Waals surface area contributed by atoms with Crippen LogP contribution in [0.3, 0.4) is 0 Å². The maximum absolute atomic E-state index is 13.6. The quantitative estimate of drug-likeness (QED) is 0.802. The second kappa shape index (κ2) is 4.56. The Kier molecular flexibility index (Phi) is 3.14. The van der Waals surface area contributed by atoms with Crippen LogP contribution in [0, 0.1) is 18.8 Å². The second-order valence-electron chi connectivity index (χ2n) is 5.65. The van der Waals surface area contributed by atoms with E-state index in [1.165, 1.54) is 12.1 Å². The molecule has 0 N–H and O–H groups in total. The van der Waals surface area contributed by atoms with E-state index in [9.17, 15) is 12.8 Å². The van der Waals surface area contributed by atoms with Gasteiger partial charge in [-0.2, -0.15) is 8.42 Å². The molecule has 0 unspecified atom stereocenters. The van der Waals surface area contributed by atoms with Gasteiger partial charge in [0.15, 0.2) is 0 Å². The van der Waals surface area contributed by atoms with Crippen LogP contribution in [-0.2, 0) is 14.3 Å². The van der Waals surface area contributed by atoms with Crippen molar-refractivity contribution >= 4 is 10.1 Å². The van der Waals surface area contributed by atoms with Crippen molar-refractivity contribution in [3.63, 3.8) is 0 Å². The Morgan fingerprint density at radius 2 is 1.84 bits per heavy atom. The summed E-state index contributed by atoms with van der Waals surface area (Å²) >= 11 is 0. The Morgan fingerprint density at radius 3 is 2.42 bits per heavy atom.